The highest BCUT2D eigenvalue weighted by atomic mass is 35.5. The van der Waals surface area contributed by atoms with Gasteiger partial charge in [0.15, 0.2) is 5.78 Å². The summed E-state index contributed by atoms with van der Waals surface area (Å²) in [6.07, 6.45) is 4.22. The number of aromatic nitrogens is 3. The molecule has 2 aromatic heterocycles. The number of aryl methyl sites for hydroxylation is 2. The number of rotatable bonds is 8. The first-order valence-electron chi connectivity index (χ1n) is 10.6. The second-order valence-corrected chi connectivity index (χ2v) is 8.46. The summed E-state index contributed by atoms with van der Waals surface area (Å²) < 4.78 is 8.96. The fraction of sp³-hybridized carbons (Fsp3) is 0.200. The van der Waals surface area contributed by atoms with Gasteiger partial charge < -0.3 is 14.6 Å². The minimum Gasteiger partial charge on any atom is -0.482 e. The molecule has 0 aliphatic heterocycles. The lowest BCUT2D eigenvalue weighted by atomic mass is 10.1. The minimum atomic E-state index is -0.177. The van der Waals surface area contributed by atoms with Crippen molar-refractivity contribution in [1.82, 2.24) is 19.3 Å². The Labute approximate surface area is 212 Å². The highest BCUT2D eigenvalue weighted by Gasteiger charge is 2.13. The van der Waals surface area contributed by atoms with Crippen molar-refractivity contribution in [3.8, 4) is 5.75 Å². The van der Waals surface area contributed by atoms with Crippen LogP contribution in [-0.4, -0.2) is 32.7 Å². The molecule has 2 aromatic carbocycles. The first kappa shape index (κ1) is 26.0. The molecule has 1 amide bonds. The lowest BCUT2D eigenvalue weighted by Crippen LogP contribution is -2.22. The molecule has 2 heterocycles. The average Bonchev–Trinajstić information content (AvgIpc) is 3.21. The van der Waals surface area contributed by atoms with E-state index in [4.69, 9.17) is 27.9 Å². The molecule has 0 saturated carbocycles. The fourth-order valence-corrected chi connectivity index (χ4v) is 3.54. The number of carbonyl (C=O) groups is 2. The summed E-state index contributed by atoms with van der Waals surface area (Å²) in [5.74, 6) is 0.831. The number of halogens is 2. The van der Waals surface area contributed by atoms with Crippen LogP contribution in [0.2, 0.25) is 10.0 Å². The lowest BCUT2D eigenvalue weighted by molar-refractivity contribution is -0.119. The summed E-state index contributed by atoms with van der Waals surface area (Å²) in [4.78, 5) is 38.0. The summed E-state index contributed by atoms with van der Waals surface area (Å²) in [6, 6.07) is 14.8. The molecule has 182 valence electrons. The van der Waals surface area contributed by atoms with E-state index in [0.29, 0.717) is 40.3 Å². The number of hydrogen-bond donors (Lipinski definition) is 1. The molecule has 0 fully saturated rings. The number of Topliss-reactive ketones (excluding diaryl/α,β-unsaturated/α-hetero) is 1. The largest absolute Gasteiger partial charge is 0.482 e. The first-order valence-corrected chi connectivity index (χ1v) is 11.4. The van der Waals surface area contributed by atoms with Crippen molar-refractivity contribution in [2.75, 3.05) is 6.54 Å². The van der Waals surface area contributed by atoms with E-state index in [2.05, 4.69) is 10.3 Å². The van der Waals surface area contributed by atoms with Crippen LogP contribution in [-0.2, 0) is 29.7 Å². The smallest absolute Gasteiger partial charge is 0.301 e. The second kappa shape index (κ2) is 12.2. The molecule has 0 spiro atoms. The molecule has 0 aliphatic rings. The van der Waals surface area contributed by atoms with Crippen LogP contribution in [0.3, 0.4) is 0 Å². The molecule has 0 saturated heterocycles. The van der Waals surface area contributed by atoms with Crippen molar-refractivity contribution in [3.63, 3.8) is 0 Å². The number of ketones is 1. The summed E-state index contributed by atoms with van der Waals surface area (Å²) in [7, 11) is 1.85. The zero-order valence-electron chi connectivity index (χ0n) is 19.2. The van der Waals surface area contributed by atoms with Gasteiger partial charge in [0, 0.05) is 25.9 Å². The molecule has 0 atom stereocenters. The maximum Gasteiger partial charge on any atom is 0.301 e. The SMILES string of the molecule is Cc1nc2n(C)ccn2c(=O)c1OCc1ccccc1.O=CNCC(=O)Cc1ccc(Cl)c(Cl)c1. The third kappa shape index (κ3) is 6.94. The van der Waals surface area contributed by atoms with Gasteiger partial charge >= 0.3 is 5.56 Å². The Morgan fingerprint density at radius 1 is 1.09 bits per heavy atom. The molecule has 4 aromatic rings. The molecule has 4 rings (SSSR count). The number of ether oxygens (including phenoxy) is 1. The topological polar surface area (TPSA) is 94.7 Å². The van der Waals surface area contributed by atoms with Crippen LogP contribution in [0.4, 0.5) is 0 Å². The van der Waals surface area contributed by atoms with Gasteiger partial charge in [-0.05, 0) is 30.2 Å². The van der Waals surface area contributed by atoms with Gasteiger partial charge in [-0.15, -0.1) is 0 Å². The van der Waals surface area contributed by atoms with E-state index in [1.54, 1.807) is 42.1 Å². The zero-order valence-corrected chi connectivity index (χ0v) is 20.7. The molecule has 10 heteroatoms. The highest BCUT2D eigenvalue weighted by Crippen LogP contribution is 2.22. The Hall–Kier alpha value is -3.62. The van der Waals surface area contributed by atoms with Gasteiger partial charge in [0.1, 0.15) is 6.61 Å². The van der Waals surface area contributed by atoms with Gasteiger partial charge in [0.25, 0.3) is 0 Å². The Bertz CT molecular complexity index is 1380. The van der Waals surface area contributed by atoms with Crippen LogP contribution in [0.15, 0.2) is 65.7 Å². The van der Waals surface area contributed by atoms with Crippen molar-refractivity contribution in [2.45, 2.75) is 20.0 Å². The maximum atomic E-state index is 12.4. The van der Waals surface area contributed by atoms with Crippen LogP contribution in [0.1, 0.15) is 16.8 Å². The van der Waals surface area contributed by atoms with E-state index in [1.165, 1.54) is 4.40 Å². The predicted octanol–water partition coefficient (Wildman–Crippen LogP) is 3.77. The van der Waals surface area contributed by atoms with Crippen molar-refractivity contribution >= 4 is 41.2 Å². The number of nitrogens with one attached hydrogen (secondary N) is 1. The number of imidazole rings is 1. The number of hydrogen-bond acceptors (Lipinski definition) is 5. The van der Waals surface area contributed by atoms with Gasteiger partial charge in [-0.1, -0.05) is 59.6 Å². The van der Waals surface area contributed by atoms with Gasteiger partial charge in [-0.2, -0.15) is 0 Å². The second-order valence-electron chi connectivity index (χ2n) is 7.65. The third-order valence-electron chi connectivity index (χ3n) is 4.97. The highest BCUT2D eigenvalue weighted by molar-refractivity contribution is 6.42. The molecule has 0 unspecified atom stereocenters. The normalized spacial score (nSPS) is 10.4. The molecular formula is C25H24Cl2N4O4. The third-order valence-corrected chi connectivity index (χ3v) is 5.71. The summed E-state index contributed by atoms with van der Waals surface area (Å²) in [6.45, 7) is 2.18. The molecule has 0 radical (unpaired) electrons. The van der Waals surface area contributed by atoms with E-state index >= 15 is 0 Å². The van der Waals surface area contributed by atoms with Crippen LogP contribution in [0.5, 0.6) is 5.75 Å². The molecule has 0 aliphatic carbocycles. The molecule has 0 bridgehead atoms. The lowest BCUT2D eigenvalue weighted by Gasteiger charge is -2.08. The first-order chi connectivity index (χ1) is 16.8. The molecule has 35 heavy (non-hydrogen) atoms. The molecular weight excluding hydrogens is 491 g/mol. The van der Waals surface area contributed by atoms with Crippen molar-refractivity contribution in [1.29, 1.82) is 0 Å². The van der Waals surface area contributed by atoms with E-state index in [1.807, 2.05) is 37.4 Å². The van der Waals surface area contributed by atoms with E-state index in [-0.39, 0.29) is 24.3 Å². The van der Waals surface area contributed by atoms with Crippen molar-refractivity contribution < 1.29 is 14.3 Å². The summed E-state index contributed by atoms with van der Waals surface area (Å²) in [5.41, 5.74) is 2.23. The number of fused-ring (bicyclic) bond motifs is 1. The monoisotopic (exact) mass is 514 g/mol. The van der Waals surface area contributed by atoms with Crippen LogP contribution >= 0.6 is 23.2 Å². The average molecular weight is 515 g/mol. The minimum absolute atomic E-state index is 0.0315. The summed E-state index contributed by atoms with van der Waals surface area (Å²) in [5, 5.41) is 3.18. The Kier molecular flexibility index (Phi) is 9.05. The van der Waals surface area contributed by atoms with Gasteiger partial charge in [-0.3, -0.25) is 14.4 Å². The number of amides is 1. The number of benzene rings is 2. The predicted molar refractivity (Wildman–Crippen MR) is 135 cm³/mol. The quantitative estimate of drug-likeness (QED) is 0.361. The maximum absolute atomic E-state index is 12.4. The van der Waals surface area contributed by atoms with Gasteiger partial charge in [0.2, 0.25) is 17.9 Å². The standard InChI is InChI=1S/C15H15N3O2.C10H9Cl2NO2/c1-11-13(20-10-12-6-4-3-5-7-12)14(19)18-9-8-17(2)15(18)16-11;11-9-2-1-7(4-10(9)12)3-8(15)5-13-6-14/h3-9H,10H2,1-2H3;1-2,4,6H,3,5H2,(H,13,14). The Morgan fingerprint density at radius 2 is 1.83 bits per heavy atom. The van der Waals surface area contributed by atoms with Crippen molar-refractivity contribution in [3.05, 3.63) is 98.1 Å². The number of nitrogens with zero attached hydrogens (tertiary/aromatic N) is 3. The zero-order chi connectivity index (χ0) is 25.4. The van der Waals surface area contributed by atoms with Gasteiger partial charge in [0.05, 0.1) is 22.3 Å². The Balaban J connectivity index is 0.000000205. The number of carbonyl (C=O) groups excluding carboxylic acids is 2. The Morgan fingerprint density at radius 3 is 2.51 bits per heavy atom. The van der Waals surface area contributed by atoms with E-state index < -0.39 is 0 Å². The fourth-order valence-electron chi connectivity index (χ4n) is 3.22. The van der Waals surface area contributed by atoms with E-state index in [0.717, 1.165) is 11.1 Å². The van der Waals surface area contributed by atoms with Crippen LogP contribution < -0.4 is 15.6 Å². The van der Waals surface area contributed by atoms with Gasteiger partial charge in [-0.25, -0.2) is 9.38 Å². The summed E-state index contributed by atoms with van der Waals surface area (Å²) >= 11 is 11.5. The molecule has 1 N–H and O–H groups in total. The van der Waals surface area contributed by atoms with Crippen LogP contribution in [0.25, 0.3) is 5.78 Å². The van der Waals surface area contributed by atoms with Crippen LogP contribution in [0, 0.1) is 6.92 Å². The van der Waals surface area contributed by atoms with E-state index in [9.17, 15) is 14.4 Å². The van der Waals surface area contributed by atoms with Crippen molar-refractivity contribution in [2.24, 2.45) is 7.05 Å². The molecule has 8 nitrogen and oxygen atoms in total.